The Hall–Kier alpha value is -0.170. The van der Waals surface area contributed by atoms with Gasteiger partial charge >= 0.3 is 0 Å². The molecule has 1 unspecified atom stereocenters. The third-order valence-corrected chi connectivity index (χ3v) is 5.96. The zero-order valence-electron chi connectivity index (χ0n) is 12.1. The first kappa shape index (κ1) is 15.2. The molecule has 19 heavy (non-hydrogen) atoms. The average molecular weight is 289 g/mol. The van der Waals surface area contributed by atoms with Gasteiger partial charge in [-0.15, -0.1) is 0 Å². The number of hydrogen-bond donors (Lipinski definition) is 1. The van der Waals surface area contributed by atoms with Crippen LogP contribution in [-0.4, -0.2) is 68.7 Å². The molecular weight excluding hydrogens is 262 g/mol. The molecule has 0 aromatic rings. The molecule has 0 aromatic heterocycles. The predicted molar refractivity (Wildman–Crippen MR) is 77.7 cm³/mol. The summed E-state index contributed by atoms with van der Waals surface area (Å²) in [5.74, 6) is 0.240. The van der Waals surface area contributed by atoms with Crippen LogP contribution in [0.4, 0.5) is 0 Å². The van der Waals surface area contributed by atoms with Gasteiger partial charge in [-0.25, -0.2) is 8.42 Å². The van der Waals surface area contributed by atoms with Gasteiger partial charge in [0.25, 0.3) is 0 Å². The van der Waals surface area contributed by atoms with E-state index in [1.807, 2.05) is 0 Å². The normalized spacial score (nSPS) is 27.4. The SMILES string of the molecule is CCC1CN(C)CCCN1S(=O)(=O)CCNC1CC1. The molecule has 112 valence electrons. The van der Waals surface area contributed by atoms with E-state index >= 15 is 0 Å². The van der Waals surface area contributed by atoms with Crippen molar-refractivity contribution in [1.82, 2.24) is 14.5 Å². The fourth-order valence-corrected chi connectivity index (χ4v) is 4.40. The number of hydrogen-bond acceptors (Lipinski definition) is 4. The van der Waals surface area contributed by atoms with E-state index in [0.717, 1.165) is 25.9 Å². The van der Waals surface area contributed by atoms with Crippen molar-refractivity contribution in [2.45, 2.75) is 44.7 Å². The van der Waals surface area contributed by atoms with Crippen LogP contribution in [0.3, 0.4) is 0 Å². The lowest BCUT2D eigenvalue weighted by Gasteiger charge is -2.29. The molecule has 1 saturated carbocycles. The highest BCUT2D eigenvalue weighted by molar-refractivity contribution is 7.89. The van der Waals surface area contributed by atoms with Gasteiger partial charge in [-0.2, -0.15) is 4.31 Å². The Bertz CT molecular complexity index is 381. The molecule has 1 saturated heterocycles. The van der Waals surface area contributed by atoms with Crippen LogP contribution in [0, 0.1) is 0 Å². The van der Waals surface area contributed by atoms with Crippen molar-refractivity contribution < 1.29 is 8.42 Å². The van der Waals surface area contributed by atoms with Crippen LogP contribution in [0.25, 0.3) is 0 Å². The summed E-state index contributed by atoms with van der Waals surface area (Å²) in [5, 5.41) is 3.29. The highest BCUT2D eigenvalue weighted by Gasteiger charge is 2.31. The second kappa shape index (κ2) is 6.52. The molecule has 0 amide bonds. The largest absolute Gasteiger partial charge is 0.313 e. The van der Waals surface area contributed by atoms with E-state index in [1.165, 1.54) is 12.8 Å². The summed E-state index contributed by atoms with van der Waals surface area (Å²) >= 11 is 0. The lowest BCUT2D eigenvalue weighted by molar-refractivity contribution is 0.270. The molecule has 0 spiro atoms. The van der Waals surface area contributed by atoms with Gasteiger partial charge in [0.15, 0.2) is 0 Å². The summed E-state index contributed by atoms with van der Waals surface area (Å²) in [7, 11) is -1.04. The van der Waals surface area contributed by atoms with Crippen LogP contribution in [0.1, 0.15) is 32.6 Å². The molecule has 1 aliphatic carbocycles. The fraction of sp³-hybridized carbons (Fsp3) is 1.00. The molecule has 0 radical (unpaired) electrons. The Labute approximate surface area is 117 Å². The minimum atomic E-state index is -3.12. The van der Waals surface area contributed by atoms with Crippen molar-refractivity contribution in [2.24, 2.45) is 0 Å². The van der Waals surface area contributed by atoms with Crippen molar-refractivity contribution in [2.75, 3.05) is 39.0 Å². The number of likely N-dealkylation sites (N-methyl/N-ethyl adjacent to an activating group) is 1. The van der Waals surface area contributed by atoms with Crippen LogP contribution in [0.15, 0.2) is 0 Å². The van der Waals surface area contributed by atoms with Crippen molar-refractivity contribution in [3.05, 3.63) is 0 Å². The predicted octanol–water partition coefficient (Wildman–Crippen LogP) is 0.484. The standard InChI is InChI=1S/C13H27N3O2S/c1-3-13-11-15(2)8-4-9-16(13)19(17,18)10-7-14-12-5-6-12/h12-14H,3-11H2,1-2H3. The van der Waals surface area contributed by atoms with E-state index in [1.54, 1.807) is 4.31 Å². The Morgan fingerprint density at radius 3 is 2.63 bits per heavy atom. The molecule has 2 aliphatic rings. The Morgan fingerprint density at radius 2 is 2.00 bits per heavy atom. The third kappa shape index (κ3) is 4.41. The minimum Gasteiger partial charge on any atom is -0.313 e. The maximum absolute atomic E-state index is 12.5. The van der Waals surface area contributed by atoms with Crippen LogP contribution < -0.4 is 5.32 Å². The molecule has 0 aromatic carbocycles. The minimum absolute atomic E-state index is 0.137. The first-order valence-corrected chi connectivity index (χ1v) is 9.05. The molecule has 0 bridgehead atoms. The van der Waals surface area contributed by atoms with Crippen molar-refractivity contribution in [3.63, 3.8) is 0 Å². The molecule has 5 nitrogen and oxygen atoms in total. The van der Waals surface area contributed by atoms with Crippen LogP contribution >= 0.6 is 0 Å². The average Bonchev–Trinajstić information content (AvgIpc) is 3.16. The maximum Gasteiger partial charge on any atom is 0.215 e. The van der Waals surface area contributed by atoms with Gasteiger partial charge in [0.2, 0.25) is 10.0 Å². The van der Waals surface area contributed by atoms with Crippen molar-refractivity contribution >= 4 is 10.0 Å². The van der Waals surface area contributed by atoms with Gasteiger partial charge in [0, 0.05) is 31.7 Å². The summed E-state index contributed by atoms with van der Waals surface area (Å²) in [6.07, 6.45) is 4.22. The van der Waals surface area contributed by atoms with Crippen LogP contribution in [0.2, 0.25) is 0 Å². The summed E-state index contributed by atoms with van der Waals surface area (Å²) in [6.45, 7) is 5.19. The Balaban J connectivity index is 1.94. The smallest absolute Gasteiger partial charge is 0.215 e. The highest BCUT2D eigenvalue weighted by Crippen LogP contribution is 2.19. The van der Waals surface area contributed by atoms with E-state index in [2.05, 4.69) is 24.2 Å². The van der Waals surface area contributed by atoms with Crippen molar-refractivity contribution in [1.29, 1.82) is 0 Å². The summed E-state index contributed by atoms with van der Waals surface area (Å²) in [4.78, 5) is 2.24. The van der Waals surface area contributed by atoms with Gasteiger partial charge in [-0.1, -0.05) is 6.92 Å². The Morgan fingerprint density at radius 1 is 1.26 bits per heavy atom. The lowest BCUT2D eigenvalue weighted by Crippen LogP contribution is -2.45. The van der Waals surface area contributed by atoms with E-state index in [9.17, 15) is 8.42 Å². The molecular formula is C13H27N3O2S. The second-order valence-electron chi connectivity index (χ2n) is 5.83. The summed E-state index contributed by atoms with van der Waals surface area (Å²) in [6, 6.07) is 0.714. The monoisotopic (exact) mass is 289 g/mol. The highest BCUT2D eigenvalue weighted by atomic mass is 32.2. The first-order valence-electron chi connectivity index (χ1n) is 7.44. The van der Waals surface area contributed by atoms with Gasteiger partial charge in [0.05, 0.1) is 5.75 Å². The molecule has 2 fully saturated rings. The number of rotatable bonds is 6. The summed E-state index contributed by atoms with van der Waals surface area (Å²) < 4.78 is 26.7. The van der Waals surface area contributed by atoms with E-state index < -0.39 is 10.0 Å². The van der Waals surface area contributed by atoms with Gasteiger partial charge < -0.3 is 10.2 Å². The number of sulfonamides is 1. The first-order chi connectivity index (χ1) is 9.03. The number of nitrogens with one attached hydrogen (secondary N) is 1. The van der Waals surface area contributed by atoms with Gasteiger partial charge in [-0.05, 0) is 39.3 Å². The molecule has 1 atom stereocenters. The zero-order valence-corrected chi connectivity index (χ0v) is 13.0. The molecule has 2 rings (SSSR count). The Kier molecular flexibility index (Phi) is 5.22. The van der Waals surface area contributed by atoms with E-state index in [-0.39, 0.29) is 11.8 Å². The molecule has 1 heterocycles. The van der Waals surface area contributed by atoms with Crippen LogP contribution in [0.5, 0.6) is 0 Å². The van der Waals surface area contributed by atoms with Gasteiger partial charge in [-0.3, -0.25) is 0 Å². The van der Waals surface area contributed by atoms with E-state index in [0.29, 0.717) is 19.1 Å². The quantitative estimate of drug-likeness (QED) is 0.773. The van der Waals surface area contributed by atoms with Crippen LogP contribution in [-0.2, 0) is 10.0 Å². The lowest BCUT2D eigenvalue weighted by atomic mass is 10.2. The maximum atomic E-state index is 12.5. The van der Waals surface area contributed by atoms with Crippen molar-refractivity contribution in [3.8, 4) is 0 Å². The van der Waals surface area contributed by atoms with Gasteiger partial charge in [0.1, 0.15) is 0 Å². The third-order valence-electron chi connectivity index (χ3n) is 4.05. The number of nitrogens with zero attached hydrogens (tertiary/aromatic N) is 2. The zero-order chi connectivity index (χ0) is 13.9. The topological polar surface area (TPSA) is 52.7 Å². The van der Waals surface area contributed by atoms with E-state index in [4.69, 9.17) is 0 Å². The fourth-order valence-electron chi connectivity index (χ4n) is 2.72. The summed E-state index contributed by atoms with van der Waals surface area (Å²) in [5.41, 5.74) is 0. The molecule has 6 heteroatoms. The molecule has 1 N–H and O–H groups in total. The molecule has 1 aliphatic heterocycles. The second-order valence-corrected chi connectivity index (χ2v) is 7.87.